The maximum Gasteiger partial charge on any atom is 0.224 e. The predicted octanol–water partition coefficient (Wildman–Crippen LogP) is 8.97. The Balaban J connectivity index is 1.02. The molecule has 1 aliphatic rings. The van der Waals surface area contributed by atoms with Crippen molar-refractivity contribution in [2.45, 2.75) is 75.1 Å². The molecule has 3 atom stereocenters. The molecule has 2 amide bonds. The fourth-order valence-electron chi connectivity index (χ4n) is 6.36. The Morgan fingerprint density at radius 1 is 0.736 bits per heavy atom. The lowest BCUT2D eigenvalue weighted by atomic mass is 9.97. The highest BCUT2D eigenvalue weighted by molar-refractivity contribution is 7.99. The van der Waals surface area contributed by atoms with Crippen LogP contribution in [0.25, 0.3) is 11.1 Å². The summed E-state index contributed by atoms with van der Waals surface area (Å²) in [4.78, 5) is 26.2. The number of nitrogens with one attached hydrogen (secondary N) is 2. The van der Waals surface area contributed by atoms with E-state index in [1.807, 2.05) is 72.8 Å². The van der Waals surface area contributed by atoms with Crippen molar-refractivity contribution in [1.29, 1.82) is 0 Å². The fourth-order valence-corrected chi connectivity index (χ4v) is 7.30. The van der Waals surface area contributed by atoms with Gasteiger partial charge in [-0.3, -0.25) is 9.59 Å². The summed E-state index contributed by atoms with van der Waals surface area (Å²) in [6.45, 7) is 0.426. The summed E-state index contributed by atoms with van der Waals surface area (Å²) < 4.78 is 13.1. The summed E-state index contributed by atoms with van der Waals surface area (Å²) in [5, 5.41) is 15.5. The van der Waals surface area contributed by atoms with Crippen LogP contribution in [-0.4, -0.2) is 28.8 Å². The number of nitrogens with two attached hydrogens (primary N) is 1. The van der Waals surface area contributed by atoms with E-state index in [0.717, 1.165) is 52.0 Å². The maximum atomic E-state index is 12.7. The SMILES string of the molecule is Nc1ccccc1NC(=O)CCCCCC(=O)NCc1ccccc1-c1ccc([C@@H]2O[C@H](CSc3ccccc3)C[C@H](c3ccc(CO)cc3)O2)cc1. The van der Waals surface area contributed by atoms with Gasteiger partial charge in [-0.15, -0.1) is 11.8 Å². The van der Waals surface area contributed by atoms with Gasteiger partial charge in [0, 0.05) is 42.0 Å². The number of hydrogen-bond donors (Lipinski definition) is 4. The van der Waals surface area contributed by atoms with Gasteiger partial charge in [0.25, 0.3) is 0 Å². The van der Waals surface area contributed by atoms with E-state index in [4.69, 9.17) is 15.2 Å². The fraction of sp³-hybridized carbons (Fsp3) is 0.273. The molecule has 53 heavy (non-hydrogen) atoms. The van der Waals surface area contributed by atoms with E-state index in [2.05, 4.69) is 53.1 Å². The van der Waals surface area contributed by atoms with Gasteiger partial charge in [-0.2, -0.15) is 0 Å². The Bertz CT molecular complexity index is 1920. The quantitative estimate of drug-likeness (QED) is 0.0454. The molecular weight excluding hydrogens is 683 g/mol. The Hall–Kier alpha value is -4.93. The molecule has 1 saturated heterocycles. The predicted molar refractivity (Wildman–Crippen MR) is 212 cm³/mol. The molecule has 0 aromatic heterocycles. The Morgan fingerprint density at radius 3 is 2.17 bits per heavy atom. The van der Waals surface area contributed by atoms with Crippen molar-refractivity contribution in [3.05, 3.63) is 150 Å². The summed E-state index contributed by atoms with van der Waals surface area (Å²) in [7, 11) is 0. The average Bonchev–Trinajstić information content (AvgIpc) is 3.20. The van der Waals surface area contributed by atoms with E-state index in [1.54, 1.807) is 23.9 Å². The van der Waals surface area contributed by atoms with Gasteiger partial charge in [0.2, 0.25) is 11.8 Å². The smallest absolute Gasteiger partial charge is 0.224 e. The standard InChI is InChI=1S/C44H47N3O5S/c45-39-15-9-10-16-40(39)47-43(50)18-6-2-5-17-42(49)46-28-35-11-7-8-14-38(35)32-23-25-34(26-24-32)44-51-36(30-53-37-12-3-1-4-13-37)27-41(52-44)33-21-19-31(29-48)20-22-33/h1,3-4,7-16,19-26,36,41,44,48H,2,5-6,17-18,27-30,45H2,(H,46,49)(H,47,50)/t36-,41+,44+/m0/s1. The van der Waals surface area contributed by atoms with Gasteiger partial charge in [-0.05, 0) is 64.9 Å². The van der Waals surface area contributed by atoms with E-state index in [-0.39, 0.29) is 30.6 Å². The second kappa shape index (κ2) is 19.2. The van der Waals surface area contributed by atoms with Gasteiger partial charge >= 0.3 is 0 Å². The second-order valence-corrected chi connectivity index (χ2v) is 14.3. The monoisotopic (exact) mass is 729 g/mol. The number of anilines is 2. The van der Waals surface area contributed by atoms with Gasteiger partial charge in [-0.25, -0.2) is 0 Å². The molecule has 0 unspecified atom stereocenters. The molecule has 274 valence electrons. The van der Waals surface area contributed by atoms with Crippen molar-refractivity contribution in [1.82, 2.24) is 5.32 Å². The molecule has 6 rings (SSSR count). The second-order valence-electron chi connectivity index (χ2n) is 13.2. The minimum absolute atomic E-state index is 0.00525. The van der Waals surface area contributed by atoms with E-state index in [9.17, 15) is 14.7 Å². The topological polar surface area (TPSA) is 123 Å². The van der Waals surface area contributed by atoms with Gasteiger partial charge in [-0.1, -0.05) is 110 Å². The maximum absolute atomic E-state index is 12.7. The lowest BCUT2D eigenvalue weighted by molar-refractivity contribution is -0.245. The van der Waals surface area contributed by atoms with Crippen LogP contribution < -0.4 is 16.4 Å². The zero-order valence-corrected chi connectivity index (χ0v) is 30.6. The van der Waals surface area contributed by atoms with Crippen LogP contribution in [0.4, 0.5) is 11.4 Å². The van der Waals surface area contributed by atoms with Crippen LogP contribution in [0, 0.1) is 0 Å². The van der Waals surface area contributed by atoms with Crippen LogP contribution in [0.5, 0.6) is 0 Å². The Kier molecular flexibility index (Phi) is 13.7. The molecule has 5 N–H and O–H groups in total. The number of rotatable bonds is 16. The number of carbonyl (C=O) groups excluding carboxylic acids is 2. The molecule has 5 aromatic carbocycles. The van der Waals surface area contributed by atoms with E-state index in [0.29, 0.717) is 43.6 Å². The number of ether oxygens (including phenoxy) is 2. The van der Waals surface area contributed by atoms with Crippen molar-refractivity contribution in [3.8, 4) is 11.1 Å². The third-order valence-corrected chi connectivity index (χ3v) is 10.5. The highest BCUT2D eigenvalue weighted by Gasteiger charge is 2.32. The zero-order chi connectivity index (χ0) is 36.8. The number of aliphatic hydroxyl groups is 1. The number of amides is 2. The number of nitrogen functional groups attached to an aromatic ring is 1. The summed E-state index contributed by atoms with van der Waals surface area (Å²) in [6, 6.07) is 41.9. The van der Waals surface area contributed by atoms with Gasteiger partial charge in [0.05, 0.1) is 30.2 Å². The minimum Gasteiger partial charge on any atom is -0.397 e. The lowest BCUT2D eigenvalue weighted by Gasteiger charge is -2.36. The Morgan fingerprint density at radius 2 is 1.42 bits per heavy atom. The summed E-state index contributed by atoms with van der Waals surface area (Å²) in [5.74, 6) is 0.713. The normalized spacial score (nSPS) is 16.9. The van der Waals surface area contributed by atoms with E-state index < -0.39 is 6.29 Å². The van der Waals surface area contributed by atoms with E-state index >= 15 is 0 Å². The molecule has 0 bridgehead atoms. The first kappa shape index (κ1) is 37.8. The van der Waals surface area contributed by atoms with Crippen LogP contribution >= 0.6 is 11.8 Å². The van der Waals surface area contributed by atoms with Gasteiger partial charge in [0.1, 0.15) is 0 Å². The molecule has 1 aliphatic heterocycles. The molecule has 1 heterocycles. The minimum atomic E-state index is -0.534. The third kappa shape index (κ3) is 11.0. The summed E-state index contributed by atoms with van der Waals surface area (Å²) >= 11 is 1.78. The van der Waals surface area contributed by atoms with Crippen LogP contribution in [0.1, 0.15) is 73.2 Å². The van der Waals surface area contributed by atoms with Crippen molar-refractivity contribution in [2.24, 2.45) is 0 Å². The molecule has 0 saturated carbocycles. The first-order valence-corrected chi connectivity index (χ1v) is 19.2. The number of thioether (sulfide) groups is 1. The van der Waals surface area contributed by atoms with Crippen molar-refractivity contribution < 1.29 is 24.2 Å². The van der Waals surface area contributed by atoms with Crippen LogP contribution in [0.3, 0.4) is 0 Å². The van der Waals surface area contributed by atoms with Crippen LogP contribution in [0.15, 0.2) is 132 Å². The molecule has 1 fully saturated rings. The lowest BCUT2D eigenvalue weighted by Crippen LogP contribution is -2.31. The molecule has 9 heteroatoms. The molecule has 0 aliphatic carbocycles. The molecule has 0 radical (unpaired) electrons. The molecule has 0 spiro atoms. The van der Waals surface area contributed by atoms with E-state index in [1.165, 1.54) is 4.90 Å². The van der Waals surface area contributed by atoms with Gasteiger partial charge in [0.15, 0.2) is 6.29 Å². The highest BCUT2D eigenvalue weighted by Crippen LogP contribution is 2.40. The van der Waals surface area contributed by atoms with Crippen LogP contribution in [0.2, 0.25) is 0 Å². The number of benzene rings is 5. The zero-order valence-electron chi connectivity index (χ0n) is 29.8. The van der Waals surface area contributed by atoms with Crippen LogP contribution in [-0.2, 0) is 32.2 Å². The number of aliphatic hydroxyl groups excluding tert-OH is 1. The molecular formula is C44H47N3O5S. The first-order chi connectivity index (χ1) is 25.9. The van der Waals surface area contributed by atoms with Crippen molar-refractivity contribution in [2.75, 3.05) is 16.8 Å². The number of hydrogen-bond acceptors (Lipinski definition) is 7. The molecule has 8 nitrogen and oxygen atoms in total. The summed E-state index contributed by atoms with van der Waals surface area (Å²) in [5.41, 5.74) is 13.1. The summed E-state index contributed by atoms with van der Waals surface area (Å²) in [6.07, 6.45) is 3.01. The highest BCUT2D eigenvalue weighted by atomic mass is 32.2. The number of unbranched alkanes of at least 4 members (excludes halogenated alkanes) is 2. The Labute approximate surface area is 316 Å². The van der Waals surface area contributed by atoms with Crippen molar-refractivity contribution >= 4 is 35.0 Å². The first-order valence-electron chi connectivity index (χ1n) is 18.2. The molecule has 5 aromatic rings. The number of carbonyl (C=O) groups is 2. The third-order valence-electron chi connectivity index (χ3n) is 9.32. The van der Waals surface area contributed by atoms with Crippen molar-refractivity contribution in [3.63, 3.8) is 0 Å². The van der Waals surface area contributed by atoms with Gasteiger partial charge < -0.3 is 30.9 Å². The average molecular weight is 730 g/mol. The largest absolute Gasteiger partial charge is 0.397 e. The number of para-hydroxylation sites is 2.